The fraction of sp³-hybridized carbons (Fsp3) is 0.385. The van der Waals surface area contributed by atoms with Gasteiger partial charge in [0.15, 0.2) is 5.65 Å². The number of hydrogen-bond acceptors (Lipinski definition) is 5. The number of nitrogens with zero attached hydrogens (tertiary/aromatic N) is 4. The van der Waals surface area contributed by atoms with Gasteiger partial charge in [-0.1, -0.05) is 0 Å². The molecule has 3 rings (SSSR count). The van der Waals surface area contributed by atoms with Crippen LogP contribution >= 0.6 is 0 Å². The molecule has 1 saturated heterocycles. The van der Waals surface area contributed by atoms with Crippen LogP contribution in [0.3, 0.4) is 0 Å². The molecular weight excluding hydrogens is 276 g/mol. The molecule has 1 aliphatic heterocycles. The molecule has 0 radical (unpaired) electrons. The zero-order valence-corrected chi connectivity index (χ0v) is 11.3. The third-order valence-corrected chi connectivity index (χ3v) is 3.65. The van der Waals surface area contributed by atoms with E-state index in [0.717, 1.165) is 0 Å². The molecule has 1 aliphatic rings. The Labute approximate surface area is 119 Å². The van der Waals surface area contributed by atoms with E-state index in [1.165, 1.54) is 22.7 Å². The van der Waals surface area contributed by atoms with Crippen LogP contribution in [0.15, 0.2) is 24.7 Å². The Bertz CT molecular complexity index is 698. The summed E-state index contributed by atoms with van der Waals surface area (Å²) in [5.41, 5.74) is 0.700. The predicted molar refractivity (Wildman–Crippen MR) is 70.9 cm³/mol. The van der Waals surface area contributed by atoms with Crippen molar-refractivity contribution in [2.45, 2.75) is 18.6 Å². The number of carboxylic acid groups (broad SMARTS) is 1. The van der Waals surface area contributed by atoms with Gasteiger partial charge >= 0.3 is 5.97 Å². The summed E-state index contributed by atoms with van der Waals surface area (Å²) in [6.07, 6.45) is 4.65. The maximum Gasteiger partial charge on any atom is 0.326 e. The quantitative estimate of drug-likeness (QED) is 0.857. The second kappa shape index (κ2) is 5.13. The van der Waals surface area contributed by atoms with E-state index in [1.807, 2.05) is 0 Å². The number of aliphatic carboxylic acids is 1. The molecule has 1 amide bonds. The summed E-state index contributed by atoms with van der Waals surface area (Å²) in [6, 6.07) is 0.812. The first kappa shape index (κ1) is 13.5. The van der Waals surface area contributed by atoms with Crippen LogP contribution in [0, 0.1) is 0 Å². The van der Waals surface area contributed by atoms with Crippen LogP contribution in [-0.2, 0) is 9.53 Å². The van der Waals surface area contributed by atoms with Crippen molar-refractivity contribution in [3.05, 3.63) is 30.2 Å². The van der Waals surface area contributed by atoms with Crippen molar-refractivity contribution in [3.63, 3.8) is 0 Å². The van der Waals surface area contributed by atoms with Gasteiger partial charge in [0, 0.05) is 32.5 Å². The van der Waals surface area contributed by atoms with Crippen LogP contribution in [-0.4, -0.2) is 62.3 Å². The minimum atomic E-state index is -1.03. The highest BCUT2D eigenvalue weighted by molar-refractivity contribution is 6.01. The van der Waals surface area contributed by atoms with Crippen molar-refractivity contribution < 1.29 is 19.4 Å². The van der Waals surface area contributed by atoms with Gasteiger partial charge in [0.2, 0.25) is 0 Å². The second-order valence-corrected chi connectivity index (χ2v) is 4.85. The van der Waals surface area contributed by atoms with Crippen LogP contribution in [0.25, 0.3) is 5.65 Å². The largest absolute Gasteiger partial charge is 0.480 e. The number of carbonyl (C=O) groups excluding carboxylic acids is 1. The number of aromatic nitrogens is 3. The van der Waals surface area contributed by atoms with Gasteiger partial charge in [-0.25, -0.2) is 14.3 Å². The van der Waals surface area contributed by atoms with Gasteiger partial charge < -0.3 is 14.7 Å². The standard InChI is InChI=1S/C13H14N4O4/c1-21-8-5-10(13(19)20)16(7-8)12(18)9-6-15-17-4-2-3-14-11(9)17/h2-4,6,8,10H,5,7H2,1H3,(H,19,20). The van der Waals surface area contributed by atoms with Gasteiger partial charge in [0.25, 0.3) is 5.91 Å². The normalized spacial score (nSPS) is 21.9. The molecule has 1 N–H and O–H groups in total. The molecule has 2 atom stereocenters. The molecule has 8 heteroatoms. The van der Waals surface area contributed by atoms with E-state index in [0.29, 0.717) is 11.2 Å². The van der Waals surface area contributed by atoms with E-state index < -0.39 is 17.9 Å². The average molecular weight is 290 g/mol. The minimum Gasteiger partial charge on any atom is -0.480 e. The molecule has 2 aromatic heterocycles. The fourth-order valence-corrected chi connectivity index (χ4v) is 2.56. The van der Waals surface area contributed by atoms with E-state index in [2.05, 4.69) is 10.1 Å². The highest BCUT2D eigenvalue weighted by Gasteiger charge is 2.40. The number of hydrogen-bond donors (Lipinski definition) is 1. The SMILES string of the molecule is COC1CC(C(=O)O)N(C(=O)c2cnn3cccnc23)C1. The molecule has 0 saturated carbocycles. The first-order valence-corrected chi connectivity index (χ1v) is 6.46. The van der Waals surface area contributed by atoms with Crippen LogP contribution < -0.4 is 0 Å². The summed E-state index contributed by atoms with van der Waals surface area (Å²) in [6.45, 7) is 0.247. The third-order valence-electron chi connectivity index (χ3n) is 3.65. The molecule has 2 aromatic rings. The number of fused-ring (bicyclic) bond motifs is 1. The number of ether oxygens (including phenoxy) is 1. The lowest BCUT2D eigenvalue weighted by atomic mass is 10.2. The average Bonchev–Trinajstić information content (AvgIpc) is 3.10. The molecule has 8 nitrogen and oxygen atoms in total. The Morgan fingerprint density at radius 3 is 3.00 bits per heavy atom. The van der Waals surface area contributed by atoms with Crippen LogP contribution in [0.5, 0.6) is 0 Å². The summed E-state index contributed by atoms with van der Waals surface area (Å²) >= 11 is 0. The number of methoxy groups -OCH3 is 1. The summed E-state index contributed by atoms with van der Waals surface area (Å²) in [7, 11) is 1.51. The maximum atomic E-state index is 12.6. The fourth-order valence-electron chi connectivity index (χ4n) is 2.56. The zero-order chi connectivity index (χ0) is 15.0. The van der Waals surface area contributed by atoms with Crippen LogP contribution in [0.4, 0.5) is 0 Å². The minimum absolute atomic E-state index is 0.247. The van der Waals surface area contributed by atoms with Crippen molar-refractivity contribution in [1.29, 1.82) is 0 Å². The number of rotatable bonds is 3. The Hall–Kier alpha value is -2.48. The predicted octanol–water partition coefficient (Wildman–Crippen LogP) is 0.0434. The van der Waals surface area contributed by atoms with Gasteiger partial charge in [0.05, 0.1) is 12.3 Å². The number of amides is 1. The smallest absolute Gasteiger partial charge is 0.326 e. The van der Waals surface area contributed by atoms with Crippen molar-refractivity contribution in [1.82, 2.24) is 19.5 Å². The molecule has 0 aromatic carbocycles. The van der Waals surface area contributed by atoms with E-state index in [4.69, 9.17) is 4.74 Å². The Morgan fingerprint density at radius 2 is 2.29 bits per heavy atom. The van der Waals surface area contributed by atoms with Gasteiger partial charge in [-0.15, -0.1) is 0 Å². The monoisotopic (exact) mass is 290 g/mol. The molecule has 21 heavy (non-hydrogen) atoms. The molecule has 0 aliphatic carbocycles. The first-order chi connectivity index (χ1) is 10.1. The van der Waals surface area contributed by atoms with E-state index in [1.54, 1.807) is 18.5 Å². The van der Waals surface area contributed by atoms with Crippen molar-refractivity contribution in [2.24, 2.45) is 0 Å². The summed E-state index contributed by atoms with van der Waals surface area (Å²) in [5.74, 6) is -1.43. The van der Waals surface area contributed by atoms with Crippen molar-refractivity contribution >= 4 is 17.5 Å². The Balaban J connectivity index is 1.95. The molecule has 1 fully saturated rings. The maximum absolute atomic E-state index is 12.6. The van der Waals surface area contributed by atoms with Gasteiger partial charge in [-0.3, -0.25) is 4.79 Å². The first-order valence-electron chi connectivity index (χ1n) is 6.46. The summed E-state index contributed by atoms with van der Waals surface area (Å²) < 4.78 is 6.66. The number of carbonyl (C=O) groups is 2. The van der Waals surface area contributed by atoms with Crippen molar-refractivity contribution in [3.8, 4) is 0 Å². The van der Waals surface area contributed by atoms with Crippen LogP contribution in [0.2, 0.25) is 0 Å². The van der Waals surface area contributed by atoms with Gasteiger partial charge in [-0.05, 0) is 6.07 Å². The molecule has 3 heterocycles. The number of likely N-dealkylation sites (tertiary alicyclic amines) is 1. The van der Waals surface area contributed by atoms with Gasteiger partial charge in [0.1, 0.15) is 11.6 Å². The van der Waals surface area contributed by atoms with E-state index in [9.17, 15) is 14.7 Å². The molecular formula is C13H14N4O4. The molecule has 2 unspecified atom stereocenters. The van der Waals surface area contributed by atoms with E-state index in [-0.39, 0.29) is 19.1 Å². The van der Waals surface area contributed by atoms with E-state index >= 15 is 0 Å². The third kappa shape index (κ3) is 2.23. The second-order valence-electron chi connectivity index (χ2n) is 4.85. The molecule has 0 spiro atoms. The lowest BCUT2D eigenvalue weighted by molar-refractivity contribution is -0.141. The highest BCUT2D eigenvalue weighted by Crippen LogP contribution is 2.23. The Kier molecular flexibility index (Phi) is 3.30. The lowest BCUT2D eigenvalue weighted by Crippen LogP contribution is -2.40. The van der Waals surface area contributed by atoms with Gasteiger partial charge in [-0.2, -0.15) is 5.10 Å². The van der Waals surface area contributed by atoms with Crippen molar-refractivity contribution in [2.75, 3.05) is 13.7 Å². The van der Waals surface area contributed by atoms with Crippen LogP contribution in [0.1, 0.15) is 16.8 Å². The molecule has 0 bridgehead atoms. The topological polar surface area (TPSA) is 97.0 Å². The zero-order valence-electron chi connectivity index (χ0n) is 11.3. The summed E-state index contributed by atoms with van der Waals surface area (Å²) in [4.78, 5) is 29.4. The lowest BCUT2D eigenvalue weighted by Gasteiger charge is -2.20. The highest BCUT2D eigenvalue weighted by atomic mass is 16.5. The summed E-state index contributed by atoms with van der Waals surface area (Å²) in [5, 5.41) is 13.3. The number of carboxylic acids is 1. The molecule has 110 valence electrons. The Morgan fingerprint density at radius 1 is 1.48 bits per heavy atom.